The van der Waals surface area contributed by atoms with E-state index in [0.717, 1.165) is 0 Å². The molecule has 1 unspecified atom stereocenters. The highest BCUT2D eigenvalue weighted by atomic mass is 19.1. The standard InChI is InChI=1S/C17H14FN3O4/c1-8-14-12(17(23)24-9(2)15(19)22)7-13(20-16(14)25-21-8)10-3-5-11(18)6-4-10/h3-7,9H,1-2H3,(H2,19,22). The molecule has 1 amide bonds. The normalized spacial score (nSPS) is 12.1. The lowest BCUT2D eigenvalue weighted by atomic mass is 10.1. The maximum atomic E-state index is 13.1. The maximum Gasteiger partial charge on any atom is 0.339 e. The fraction of sp³-hybridized carbons (Fsp3) is 0.176. The number of aromatic nitrogens is 2. The third-order valence-corrected chi connectivity index (χ3v) is 3.66. The van der Waals surface area contributed by atoms with Crippen molar-refractivity contribution in [1.82, 2.24) is 10.1 Å². The van der Waals surface area contributed by atoms with Gasteiger partial charge in [-0.15, -0.1) is 0 Å². The largest absolute Gasteiger partial charge is 0.449 e. The summed E-state index contributed by atoms with van der Waals surface area (Å²) in [6, 6.07) is 7.08. The zero-order chi connectivity index (χ0) is 18.1. The van der Waals surface area contributed by atoms with Crippen LogP contribution in [0.15, 0.2) is 34.9 Å². The van der Waals surface area contributed by atoms with Gasteiger partial charge in [0.25, 0.3) is 11.6 Å². The number of esters is 1. The molecular formula is C17H14FN3O4. The van der Waals surface area contributed by atoms with Crippen LogP contribution in [-0.2, 0) is 9.53 Å². The van der Waals surface area contributed by atoms with Gasteiger partial charge in [-0.1, -0.05) is 5.16 Å². The summed E-state index contributed by atoms with van der Waals surface area (Å²) in [5.41, 5.74) is 6.80. The predicted molar refractivity (Wildman–Crippen MR) is 86.0 cm³/mol. The molecule has 3 aromatic rings. The molecule has 0 saturated carbocycles. The quantitative estimate of drug-likeness (QED) is 0.729. The van der Waals surface area contributed by atoms with Gasteiger partial charge in [-0.05, 0) is 44.2 Å². The summed E-state index contributed by atoms with van der Waals surface area (Å²) in [6.45, 7) is 3.03. The number of nitrogens with two attached hydrogens (primary N) is 1. The summed E-state index contributed by atoms with van der Waals surface area (Å²) in [5.74, 6) is -1.91. The zero-order valence-corrected chi connectivity index (χ0v) is 13.4. The highest BCUT2D eigenvalue weighted by molar-refractivity contribution is 6.05. The second-order valence-electron chi connectivity index (χ2n) is 5.46. The number of primary amides is 1. The summed E-state index contributed by atoms with van der Waals surface area (Å²) >= 11 is 0. The molecule has 1 atom stereocenters. The van der Waals surface area contributed by atoms with Crippen LogP contribution in [0.25, 0.3) is 22.4 Å². The Morgan fingerprint density at radius 3 is 2.60 bits per heavy atom. The number of hydrogen-bond acceptors (Lipinski definition) is 6. The van der Waals surface area contributed by atoms with Crippen LogP contribution in [0.2, 0.25) is 0 Å². The minimum absolute atomic E-state index is 0.135. The molecule has 0 aliphatic rings. The van der Waals surface area contributed by atoms with Crippen LogP contribution in [0.4, 0.5) is 4.39 Å². The molecule has 8 heteroatoms. The van der Waals surface area contributed by atoms with Crippen molar-refractivity contribution in [3.63, 3.8) is 0 Å². The van der Waals surface area contributed by atoms with Crippen molar-refractivity contribution < 1.29 is 23.2 Å². The Kier molecular flexibility index (Phi) is 4.18. The van der Waals surface area contributed by atoms with Gasteiger partial charge in [-0.3, -0.25) is 4.79 Å². The van der Waals surface area contributed by atoms with Gasteiger partial charge in [0.1, 0.15) is 5.82 Å². The van der Waals surface area contributed by atoms with Gasteiger partial charge in [0.2, 0.25) is 0 Å². The number of halogens is 1. The number of carbonyl (C=O) groups excluding carboxylic acids is 2. The van der Waals surface area contributed by atoms with Crippen LogP contribution in [0.3, 0.4) is 0 Å². The Balaban J connectivity index is 2.12. The number of nitrogens with zero attached hydrogens (tertiary/aromatic N) is 2. The molecule has 1 aromatic carbocycles. The lowest BCUT2D eigenvalue weighted by molar-refractivity contribution is -0.125. The third kappa shape index (κ3) is 3.18. The molecule has 0 spiro atoms. The highest BCUT2D eigenvalue weighted by Gasteiger charge is 2.23. The van der Waals surface area contributed by atoms with E-state index in [2.05, 4.69) is 10.1 Å². The molecule has 2 heterocycles. The first-order chi connectivity index (χ1) is 11.9. The molecule has 0 saturated heterocycles. The van der Waals surface area contributed by atoms with Crippen molar-refractivity contribution in [3.05, 3.63) is 47.4 Å². The van der Waals surface area contributed by atoms with Gasteiger partial charge in [-0.2, -0.15) is 0 Å². The topological polar surface area (TPSA) is 108 Å². The van der Waals surface area contributed by atoms with E-state index in [-0.39, 0.29) is 11.3 Å². The average molecular weight is 343 g/mol. The van der Waals surface area contributed by atoms with Gasteiger partial charge >= 0.3 is 5.97 Å². The van der Waals surface area contributed by atoms with Crippen molar-refractivity contribution in [3.8, 4) is 11.3 Å². The molecule has 0 aliphatic heterocycles. The van der Waals surface area contributed by atoms with Crippen molar-refractivity contribution >= 4 is 23.0 Å². The molecule has 2 aromatic heterocycles. The fourth-order valence-electron chi connectivity index (χ4n) is 2.31. The number of rotatable bonds is 4. The van der Waals surface area contributed by atoms with Gasteiger partial charge in [0.15, 0.2) is 6.10 Å². The maximum absolute atomic E-state index is 13.1. The molecule has 0 fully saturated rings. The van der Waals surface area contributed by atoms with Gasteiger partial charge < -0.3 is 15.0 Å². The Morgan fingerprint density at radius 2 is 1.96 bits per heavy atom. The second kappa shape index (κ2) is 6.31. The molecule has 0 aliphatic carbocycles. The van der Waals surface area contributed by atoms with Crippen LogP contribution in [0, 0.1) is 12.7 Å². The van der Waals surface area contributed by atoms with Crippen LogP contribution in [-0.4, -0.2) is 28.1 Å². The Morgan fingerprint density at radius 1 is 1.28 bits per heavy atom. The first-order valence-corrected chi connectivity index (χ1v) is 7.40. The average Bonchev–Trinajstić information content (AvgIpc) is 2.95. The zero-order valence-electron chi connectivity index (χ0n) is 13.4. The van der Waals surface area contributed by atoms with E-state index in [4.69, 9.17) is 15.0 Å². The fourth-order valence-corrected chi connectivity index (χ4v) is 2.31. The summed E-state index contributed by atoms with van der Waals surface area (Å²) in [4.78, 5) is 27.9. The molecule has 128 valence electrons. The van der Waals surface area contributed by atoms with Crippen molar-refractivity contribution in [2.45, 2.75) is 20.0 Å². The van der Waals surface area contributed by atoms with E-state index < -0.39 is 23.8 Å². The molecule has 0 radical (unpaired) electrons. The third-order valence-electron chi connectivity index (χ3n) is 3.66. The van der Waals surface area contributed by atoms with Crippen molar-refractivity contribution in [1.29, 1.82) is 0 Å². The Bertz CT molecular complexity index is 966. The van der Waals surface area contributed by atoms with Crippen LogP contribution in [0.5, 0.6) is 0 Å². The lowest BCUT2D eigenvalue weighted by Crippen LogP contribution is -2.30. The number of benzene rings is 1. The van der Waals surface area contributed by atoms with Crippen LogP contribution >= 0.6 is 0 Å². The van der Waals surface area contributed by atoms with E-state index in [9.17, 15) is 14.0 Å². The van der Waals surface area contributed by atoms with E-state index in [1.165, 1.54) is 37.3 Å². The summed E-state index contributed by atoms with van der Waals surface area (Å²) in [6.07, 6.45) is -1.09. The van der Waals surface area contributed by atoms with E-state index in [0.29, 0.717) is 22.3 Å². The van der Waals surface area contributed by atoms with Gasteiger partial charge in [0.05, 0.1) is 22.3 Å². The summed E-state index contributed by atoms with van der Waals surface area (Å²) in [5, 5.41) is 4.19. The number of pyridine rings is 1. The molecule has 7 nitrogen and oxygen atoms in total. The van der Waals surface area contributed by atoms with Gasteiger partial charge in [-0.25, -0.2) is 14.2 Å². The Labute approximate surface area is 141 Å². The number of amides is 1. The van der Waals surface area contributed by atoms with E-state index in [1.54, 1.807) is 6.92 Å². The highest BCUT2D eigenvalue weighted by Crippen LogP contribution is 2.27. The monoisotopic (exact) mass is 343 g/mol. The number of aryl methyl sites for hydroxylation is 1. The van der Waals surface area contributed by atoms with Crippen LogP contribution in [0.1, 0.15) is 23.0 Å². The van der Waals surface area contributed by atoms with Crippen molar-refractivity contribution in [2.75, 3.05) is 0 Å². The Hall–Kier alpha value is -3.29. The summed E-state index contributed by atoms with van der Waals surface area (Å²) in [7, 11) is 0. The second-order valence-corrected chi connectivity index (χ2v) is 5.46. The molecule has 0 bridgehead atoms. The number of carbonyl (C=O) groups is 2. The SMILES string of the molecule is Cc1noc2nc(-c3ccc(F)cc3)cc(C(=O)OC(C)C(N)=O)c12. The molecule has 2 N–H and O–H groups in total. The predicted octanol–water partition coefficient (Wildman–Crippen LogP) is 2.37. The molecule has 3 rings (SSSR count). The lowest BCUT2D eigenvalue weighted by Gasteiger charge is -2.11. The number of hydrogen-bond donors (Lipinski definition) is 1. The minimum atomic E-state index is -1.09. The first-order valence-electron chi connectivity index (χ1n) is 7.40. The number of ether oxygens (including phenoxy) is 1. The number of fused-ring (bicyclic) bond motifs is 1. The van der Waals surface area contributed by atoms with Gasteiger partial charge in [0, 0.05) is 5.56 Å². The van der Waals surface area contributed by atoms with Crippen LogP contribution < -0.4 is 5.73 Å². The molecule has 25 heavy (non-hydrogen) atoms. The van der Waals surface area contributed by atoms with Crippen molar-refractivity contribution in [2.24, 2.45) is 5.73 Å². The minimum Gasteiger partial charge on any atom is -0.449 e. The first kappa shape index (κ1) is 16.6. The smallest absolute Gasteiger partial charge is 0.339 e. The van der Waals surface area contributed by atoms with E-state index in [1.807, 2.05) is 0 Å². The summed E-state index contributed by atoms with van der Waals surface area (Å²) < 4.78 is 23.3. The molecular weight excluding hydrogens is 329 g/mol. The van der Waals surface area contributed by atoms with E-state index >= 15 is 0 Å².